The molecule has 2 rings (SSSR count). The maximum atomic E-state index is 13.2. The lowest BCUT2D eigenvalue weighted by molar-refractivity contribution is 0.412. The van der Waals surface area contributed by atoms with Crippen LogP contribution in [-0.2, 0) is 6.42 Å². The average Bonchev–Trinajstić information content (AvgIpc) is 2.47. The van der Waals surface area contributed by atoms with E-state index < -0.39 is 0 Å². The molecular weight excluding hydrogens is 265 g/mol. The predicted molar refractivity (Wildman–Crippen MR) is 84.1 cm³/mol. The third-order valence-corrected chi connectivity index (χ3v) is 3.56. The van der Waals surface area contributed by atoms with Gasteiger partial charge in [0.15, 0.2) is 0 Å². The van der Waals surface area contributed by atoms with Gasteiger partial charge in [0.1, 0.15) is 11.6 Å². The second kappa shape index (κ2) is 7.23. The van der Waals surface area contributed by atoms with Gasteiger partial charge >= 0.3 is 0 Å². The fourth-order valence-corrected chi connectivity index (χ4v) is 2.51. The van der Waals surface area contributed by atoms with Gasteiger partial charge in [-0.3, -0.25) is 0 Å². The van der Waals surface area contributed by atoms with Gasteiger partial charge in [0.2, 0.25) is 0 Å². The lowest BCUT2D eigenvalue weighted by Crippen LogP contribution is -2.30. The summed E-state index contributed by atoms with van der Waals surface area (Å²) in [6, 6.07) is 15.3. The Hall–Kier alpha value is -1.87. The molecule has 2 atom stereocenters. The molecule has 21 heavy (non-hydrogen) atoms. The predicted octanol–water partition coefficient (Wildman–Crippen LogP) is 4.12. The molecule has 0 saturated carbocycles. The maximum absolute atomic E-state index is 13.2. The van der Waals surface area contributed by atoms with Gasteiger partial charge < -0.3 is 10.1 Å². The van der Waals surface area contributed by atoms with Crippen molar-refractivity contribution in [2.24, 2.45) is 0 Å². The number of benzene rings is 2. The van der Waals surface area contributed by atoms with Gasteiger partial charge in [-0.2, -0.15) is 0 Å². The van der Waals surface area contributed by atoms with Crippen molar-refractivity contribution in [2.75, 3.05) is 7.11 Å². The van der Waals surface area contributed by atoms with E-state index in [4.69, 9.17) is 4.74 Å². The fourth-order valence-electron chi connectivity index (χ4n) is 2.51. The first-order valence-electron chi connectivity index (χ1n) is 7.23. The van der Waals surface area contributed by atoms with E-state index in [1.165, 1.54) is 11.6 Å². The van der Waals surface area contributed by atoms with Crippen LogP contribution in [0.25, 0.3) is 0 Å². The van der Waals surface area contributed by atoms with Crippen LogP contribution in [0.15, 0.2) is 48.5 Å². The van der Waals surface area contributed by atoms with Crippen LogP contribution in [0.2, 0.25) is 0 Å². The van der Waals surface area contributed by atoms with Crippen LogP contribution in [0, 0.1) is 5.82 Å². The smallest absolute Gasteiger partial charge is 0.123 e. The summed E-state index contributed by atoms with van der Waals surface area (Å²) in [5.41, 5.74) is 2.19. The Bertz CT molecular complexity index is 585. The molecule has 0 spiro atoms. The van der Waals surface area contributed by atoms with E-state index in [0.717, 1.165) is 17.7 Å². The van der Waals surface area contributed by atoms with E-state index in [2.05, 4.69) is 25.2 Å². The lowest BCUT2D eigenvalue weighted by atomic mass is 10.0. The van der Waals surface area contributed by atoms with Crippen molar-refractivity contribution in [1.29, 1.82) is 0 Å². The topological polar surface area (TPSA) is 21.3 Å². The number of halogens is 1. The van der Waals surface area contributed by atoms with Gasteiger partial charge in [-0.1, -0.05) is 24.3 Å². The Morgan fingerprint density at radius 3 is 2.57 bits per heavy atom. The van der Waals surface area contributed by atoms with Crippen LogP contribution in [0.5, 0.6) is 5.75 Å². The molecule has 0 fully saturated rings. The van der Waals surface area contributed by atoms with Gasteiger partial charge in [0.05, 0.1) is 7.11 Å². The Kier molecular flexibility index (Phi) is 5.34. The average molecular weight is 287 g/mol. The molecule has 0 bridgehead atoms. The number of rotatable bonds is 6. The molecule has 0 aromatic heterocycles. The molecule has 0 aliphatic carbocycles. The highest BCUT2D eigenvalue weighted by Gasteiger charge is 2.11. The van der Waals surface area contributed by atoms with Crippen molar-refractivity contribution >= 4 is 0 Å². The number of hydrogen-bond acceptors (Lipinski definition) is 2. The molecule has 2 nitrogen and oxygen atoms in total. The Morgan fingerprint density at radius 1 is 1.10 bits per heavy atom. The molecule has 0 radical (unpaired) electrons. The first-order chi connectivity index (χ1) is 10.1. The molecule has 3 heteroatoms. The second-order valence-corrected chi connectivity index (χ2v) is 5.40. The van der Waals surface area contributed by atoms with Crippen LogP contribution in [-0.4, -0.2) is 13.2 Å². The lowest BCUT2D eigenvalue weighted by Gasteiger charge is -2.21. The minimum absolute atomic E-state index is 0.180. The molecule has 0 heterocycles. The van der Waals surface area contributed by atoms with Gasteiger partial charge in [-0.15, -0.1) is 0 Å². The summed E-state index contributed by atoms with van der Waals surface area (Å²) < 4.78 is 18.4. The summed E-state index contributed by atoms with van der Waals surface area (Å²) in [5, 5.41) is 3.54. The minimum Gasteiger partial charge on any atom is -0.497 e. The van der Waals surface area contributed by atoms with E-state index >= 15 is 0 Å². The SMILES string of the molecule is COc1cccc([C@H](C)NC(C)Cc2cccc(F)c2)c1. The van der Waals surface area contributed by atoms with E-state index in [-0.39, 0.29) is 17.9 Å². The van der Waals surface area contributed by atoms with Gasteiger partial charge in [-0.25, -0.2) is 4.39 Å². The normalized spacial score (nSPS) is 13.7. The fraction of sp³-hybridized carbons (Fsp3) is 0.333. The molecule has 0 saturated heterocycles. The minimum atomic E-state index is -0.180. The van der Waals surface area contributed by atoms with Crippen molar-refractivity contribution in [3.8, 4) is 5.75 Å². The monoisotopic (exact) mass is 287 g/mol. The van der Waals surface area contributed by atoms with Crippen molar-refractivity contribution < 1.29 is 9.13 Å². The number of methoxy groups -OCH3 is 1. The molecule has 1 N–H and O–H groups in total. The standard InChI is InChI=1S/C18H22FNO/c1-13(10-15-6-4-8-17(19)11-15)20-14(2)16-7-5-9-18(12-16)21-3/h4-9,11-14,20H,10H2,1-3H3/t13?,14-/m0/s1. The highest BCUT2D eigenvalue weighted by Crippen LogP contribution is 2.19. The van der Waals surface area contributed by atoms with E-state index in [1.54, 1.807) is 19.2 Å². The summed E-state index contributed by atoms with van der Waals surface area (Å²) in [5.74, 6) is 0.680. The highest BCUT2D eigenvalue weighted by atomic mass is 19.1. The van der Waals surface area contributed by atoms with Gasteiger partial charge in [0, 0.05) is 12.1 Å². The number of nitrogens with one attached hydrogen (secondary N) is 1. The molecular formula is C18H22FNO. The molecule has 112 valence electrons. The van der Waals surface area contributed by atoms with Gasteiger partial charge in [-0.05, 0) is 55.7 Å². The van der Waals surface area contributed by atoms with Crippen molar-refractivity contribution in [3.63, 3.8) is 0 Å². The Morgan fingerprint density at radius 2 is 1.86 bits per heavy atom. The van der Waals surface area contributed by atoms with Crippen molar-refractivity contribution in [1.82, 2.24) is 5.32 Å². The van der Waals surface area contributed by atoms with Crippen molar-refractivity contribution in [3.05, 3.63) is 65.5 Å². The van der Waals surface area contributed by atoms with Crippen LogP contribution in [0.4, 0.5) is 4.39 Å². The number of ether oxygens (including phenoxy) is 1. The molecule has 2 aromatic rings. The molecule has 0 amide bonds. The molecule has 0 aliphatic heterocycles. The third kappa shape index (κ3) is 4.57. The van der Waals surface area contributed by atoms with Crippen LogP contribution in [0.1, 0.15) is 31.0 Å². The van der Waals surface area contributed by atoms with Crippen molar-refractivity contribution in [2.45, 2.75) is 32.4 Å². The van der Waals surface area contributed by atoms with Crippen LogP contribution >= 0.6 is 0 Å². The number of hydrogen-bond donors (Lipinski definition) is 1. The largest absolute Gasteiger partial charge is 0.497 e. The Labute approximate surface area is 126 Å². The summed E-state index contributed by atoms with van der Waals surface area (Å²) in [7, 11) is 1.67. The first kappa shape index (κ1) is 15.5. The van der Waals surface area contributed by atoms with E-state index in [0.29, 0.717) is 0 Å². The quantitative estimate of drug-likeness (QED) is 0.863. The van der Waals surface area contributed by atoms with Crippen LogP contribution in [0.3, 0.4) is 0 Å². The summed E-state index contributed by atoms with van der Waals surface area (Å²) in [6.45, 7) is 4.23. The molecule has 2 aromatic carbocycles. The van der Waals surface area contributed by atoms with Crippen LogP contribution < -0.4 is 10.1 Å². The summed E-state index contributed by atoms with van der Waals surface area (Å²) in [4.78, 5) is 0. The highest BCUT2D eigenvalue weighted by molar-refractivity contribution is 5.30. The summed E-state index contributed by atoms with van der Waals surface area (Å²) in [6.07, 6.45) is 0.798. The zero-order chi connectivity index (χ0) is 15.2. The zero-order valence-corrected chi connectivity index (χ0v) is 12.8. The van der Waals surface area contributed by atoms with E-state index in [9.17, 15) is 4.39 Å². The maximum Gasteiger partial charge on any atom is 0.123 e. The van der Waals surface area contributed by atoms with Gasteiger partial charge in [0.25, 0.3) is 0 Å². The molecule has 0 aliphatic rings. The zero-order valence-electron chi connectivity index (χ0n) is 12.8. The first-order valence-corrected chi connectivity index (χ1v) is 7.23. The summed E-state index contributed by atoms with van der Waals surface area (Å²) >= 11 is 0. The second-order valence-electron chi connectivity index (χ2n) is 5.40. The van der Waals surface area contributed by atoms with E-state index in [1.807, 2.05) is 24.3 Å². The Balaban J connectivity index is 1.96. The molecule has 1 unspecified atom stereocenters. The third-order valence-electron chi connectivity index (χ3n) is 3.56.